The van der Waals surface area contributed by atoms with Crippen LogP contribution in [0.2, 0.25) is 0 Å². The van der Waals surface area contributed by atoms with Crippen molar-refractivity contribution in [2.45, 2.75) is 65.5 Å². The molecular weight excluding hydrogens is 208 g/mol. The third-order valence-corrected chi connectivity index (χ3v) is 4.56. The van der Waals surface area contributed by atoms with Gasteiger partial charge in [-0.05, 0) is 50.5 Å². The summed E-state index contributed by atoms with van der Waals surface area (Å²) in [6, 6.07) is 1.56. The quantitative estimate of drug-likeness (QED) is 0.813. The standard InChI is InChI=1S/C15H30N2/c1-12(7-8-15(2,3)4)17-10-13-6-5-9-16-14(13)11-17/h12-14,16H,5-11H2,1-4H3/t12?,13-,14+/m0/s1. The van der Waals surface area contributed by atoms with Crippen LogP contribution in [0.4, 0.5) is 0 Å². The van der Waals surface area contributed by atoms with Gasteiger partial charge in [-0.15, -0.1) is 0 Å². The number of fused-ring (bicyclic) bond motifs is 1. The number of nitrogens with one attached hydrogen (secondary N) is 1. The summed E-state index contributed by atoms with van der Waals surface area (Å²) in [5, 5.41) is 3.70. The lowest BCUT2D eigenvalue weighted by molar-refractivity contribution is 0.211. The molecule has 1 unspecified atom stereocenters. The molecule has 0 amide bonds. The van der Waals surface area contributed by atoms with E-state index in [-0.39, 0.29) is 0 Å². The second kappa shape index (κ2) is 5.27. The molecule has 2 aliphatic rings. The minimum absolute atomic E-state index is 0.485. The molecule has 0 bridgehead atoms. The Morgan fingerprint density at radius 2 is 2.06 bits per heavy atom. The second-order valence-corrected chi connectivity index (χ2v) is 7.37. The van der Waals surface area contributed by atoms with Gasteiger partial charge < -0.3 is 5.32 Å². The maximum atomic E-state index is 3.70. The van der Waals surface area contributed by atoms with Gasteiger partial charge in [0.25, 0.3) is 0 Å². The summed E-state index contributed by atoms with van der Waals surface area (Å²) >= 11 is 0. The maximum Gasteiger partial charge on any atom is 0.0235 e. The van der Waals surface area contributed by atoms with Gasteiger partial charge in [0, 0.05) is 25.2 Å². The second-order valence-electron chi connectivity index (χ2n) is 7.37. The summed E-state index contributed by atoms with van der Waals surface area (Å²) < 4.78 is 0. The normalized spacial score (nSPS) is 32.5. The van der Waals surface area contributed by atoms with Crippen LogP contribution in [0, 0.1) is 11.3 Å². The first-order valence-electron chi connectivity index (χ1n) is 7.43. The maximum absolute atomic E-state index is 3.70. The predicted molar refractivity (Wildman–Crippen MR) is 74.2 cm³/mol. The molecule has 100 valence electrons. The summed E-state index contributed by atoms with van der Waals surface area (Å²) in [5.41, 5.74) is 0.485. The Labute approximate surface area is 107 Å². The Morgan fingerprint density at radius 3 is 2.71 bits per heavy atom. The van der Waals surface area contributed by atoms with Crippen molar-refractivity contribution in [2.75, 3.05) is 19.6 Å². The van der Waals surface area contributed by atoms with Crippen LogP contribution in [0.15, 0.2) is 0 Å². The summed E-state index contributed by atoms with van der Waals surface area (Å²) in [5.74, 6) is 0.931. The molecule has 0 saturated carbocycles. The van der Waals surface area contributed by atoms with E-state index in [1.54, 1.807) is 0 Å². The van der Waals surface area contributed by atoms with Crippen LogP contribution >= 0.6 is 0 Å². The molecule has 0 radical (unpaired) electrons. The molecular formula is C15H30N2. The number of likely N-dealkylation sites (tertiary alicyclic amines) is 1. The highest BCUT2D eigenvalue weighted by Gasteiger charge is 2.35. The zero-order valence-electron chi connectivity index (χ0n) is 12.1. The minimum Gasteiger partial charge on any atom is -0.312 e. The summed E-state index contributed by atoms with van der Waals surface area (Å²) in [6.07, 6.45) is 5.52. The van der Waals surface area contributed by atoms with Crippen molar-refractivity contribution in [3.63, 3.8) is 0 Å². The van der Waals surface area contributed by atoms with E-state index in [0.29, 0.717) is 5.41 Å². The van der Waals surface area contributed by atoms with Gasteiger partial charge in [-0.3, -0.25) is 4.90 Å². The van der Waals surface area contributed by atoms with Crippen LogP contribution < -0.4 is 5.32 Å². The van der Waals surface area contributed by atoms with Gasteiger partial charge in [-0.25, -0.2) is 0 Å². The highest BCUT2D eigenvalue weighted by atomic mass is 15.2. The SMILES string of the molecule is CC(CCC(C)(C)C)N1C[C@@H]2CCCN[C@@H]2C1. The van der Waals surface area contributed by atoms with Crippen LogP contribution in [-0.2, 0) is 0 Å². The Balaban J connectivity index is 1.79. The zero-order chi connectivity index (χ0) is 12.5. The first-order chi connectivity index (χ1) is 7.96. The van der Waals surface area contributed by atoms with E-state index in [9.17, 15) is 0 Å². The number of rotatable bonds is 3. The fraction of sp³-hybridized carbons (Fsp3) is 1.00. The van der Waals surface area contributed by atoms with Crippen LogP contribution in [0.1, 0.15) is 53.4 Å². The third kappa shape index (κ3) is 3.69. The monoisotopic (exact) mass is 238 g/mol. The van der Waals surface area contributed by atoms with E-state index in [4.69, 9.17) is 0 Å². The van der Waals surface area contributed by atoms with Crippen molar-refractivity contribution in [3.05, 3.63) is 0 Å². The average Bonchev–Trinajstić information content (AvgIpc) is 2.68. The highest BCUT2D eigenvalue weighted by molar-refractivity contribution is 4.93. The van der Waals surface area contributed by atoms with Crippen molar-refractivity contribution in [2.24, 2.45) is 11.3 Å². The van der Waals surface area contributed by atoms with Crippen LogP contribution in [0.5, 0.6) is 0 Å². The molecule has 0 aromatic heterocycles. The largest absolute Gasteiger partial charge is 0.312 e. The first-order valence-corrected chi connectivity index (χ1v) is 7.43. The fourth-order valence-corrected chi connectivity index (χ4v) is 3.26. The van der Waals surface area contributed by atoms with E-state index < -0.39 is 0 Å². The topological polar surface area (TPSA) is 15.3 Å². The third-order valence-electron chi connectivity index (χ3n) is 4.56. The Hall–Kier alpha value is -0.0800. The molecule has 2 rings (SSSR count). The van der Waals surface area contributed by atoms with E-state index in [0.717, 1.165) is 18.0 Å². The Kier molecular flexibility index (Phi) is 4.14. The van der Waals surface area contributed by atoms with E-state index in [1.165, 1.54) is 45.3 Å². The number of piperidine rings is 1. The summed E-state index contributed by atoms with van der Waals surface area (Å²) in [4.78, 5) is 2.72. The molecule has 1 N–H and O–H groups in total. The predicted octanol–water partition coefficient (Wildman–Crippen LogP) is 2.89. The Morgan fingerprint density at radius 1 is 1.29 bits per heavy atom. The van der Waals surface area contributed by atoms with Gasteiger partial charge in [-0.1, -0.05) is 20.8 Å². The summed E-state index contributed by atoms with van der Waals surface area (Å²) in [7, 11) is 0. The van der Waals surface area contributed by atoms with E-state index in [1.807, 2.05) is 0 Å². The molecule has 17 heavy (non-hydrogen) atoms. The summed E-state index contributed by atoms with van der Waals surface area (Å²) in [6.45, 7) is 13.3. The highest BCUT2D eigenvalue weighted by Crippen LogP contribution is 2.29. The lowest BCUT2D eigenvalue weighted by Gasteiger charge is -2.27. The van der Waals surface area contributed by atoms with Crippen molar-refractivity contribution >= 4 is 0 Å². The Bertz CT molecular complexity index is 230. The van der Waals surface area contributed by atoms with Gasteiger partial charge in [0.1, 0.15) is 0 Å². The lowest BCUT2D eigenvalue weighted by Crippen LogP contribution is -2.41. The molecule has 2 saturated heterocycles. The van der Waals surface area contributed by atoms with Crippen LogP contribution in [-0.4, -0.2) is 36.6 Å². The molecule has 2 heterocycles. The van der Waals surface area contributed by atoms with Gasteiger partial charge in [0.15, 0.2) is 0 Å². The number of hydrogen-bond donors (Lipinski definition) is 1. The van der Waals surface area contributed by atoms with Gasteiger partial charge in [0.2, 0.25) is 0 Å². The van der Waals surface area contributed by atoms with Crippen LogP contribution in [0.25, 0.3) is 0 Å². The van der Waals surface area contributed by atoms with Gasteiger partial charge in [-0.2, -0.15) is 0 Å². The number of nitrogens with zero attached hydrogens (tertiary/aromatic N) is 1. The molecule has 2 fully saturated rings. The fourth-order valence-electron chi connectivity index (χ4n) is 3.26. The van der Waals surface area contributed by atoms with E-state index >= 15 is 0 Å². The molecule has 2 heteroatoms. The minimum atomic E-state index is 0.485. The van der Waals surface area contributed by atoms with Crippen LogP contribution in [0.3, 0.4) is 0 Å². The molecule has 0 aliphatic carbocycles. The molecule has 2 nitrogen and oxygen atoms in total. The average molecular weight is 238 g/mol. The van der Waals surface area contributed by atoms with E-state index in [2.05, 4.69) is 37.9 Å². The molecule has 3 atom stereocenters. The molecule has 0 aromatic rings. The number of hydrogen-bond acceptors (Lipinski definition) is 2. The first kappa shape index (κ1) is 13.4. The zero-order valence-corrected chi connectivity index (χ0v) is 12.1. The van der Waals surface area contributed by atoms with Gasteiger partial charge in [0.05, 0.1) is 0 Å². The van der Waals surface area contributed by atoms with Crippen molar-refractivity contribution in [3.8, 4) is 0 Å². The van der Waals surface area contributed by atoms with Crippen molar-refractivity contribution in [1.29, 1.82) is 0 Å². The van der Waals surface area contributed by atoms with Crippen molar-refractivity contribution in [1.82, 2.24) is 10.2 Å². The molecule has 0 aromatic carbocycles. The van der Waals surface area contributed by atoms with Gasteiger partial charge >= 0.3 is 0 Å². The smallest absolute Gasteiger partial charge is 0.0235 e. The van der Waals surface area contributed by atoms with Crippen molar-refractivity contribution < 1.29 is 0 Å². The lowest BCUT2D eigenvalue weighted by atomic mass is 9.89. The molecule has 0 spiro atoms. The molecule has 2 aliphatic heterocycles.